The van der Waals surface area contributed by atoms with Crippen molar-refractivity contribution in [3.8, 4) is 11.3 Å². The summed E-state index contributed by atoms with van der Waals surface area (Å²) >= 11 is 0. The quantitative estimate of drug-likeness (QED) is 0.476. The van der Waals surface area contributed by atoms with E-state index >= 15 is 0 Å². The molecule has 1 heterocycles. The molecule has 3 nitrogen and oxygen atoms in total. The lowest BCUT2D eigenvalue weighted by atomic mass is 10.0. The first kappa shape index (κ1) is 17.6. The molecule has 4 aromatic rings. The lowest BCUT2D eigenvalue weighted by molar-refractivity contribution is 0.589. The molecular formula is C23H21NO2S. The standard InChI is InChI=1S/C23H21NO2S/c1-16-11-13-20(14-12-16)27(25,26)24-22-10-5-4-9-21(22)18(3)23(24)19-8-6-7-17(2)15-19/h4-15H,1-3H3. The Morgan fingerprint density at radius 3 is 2.15 bits per heavy atom. The van der Waals surface area contributed by atoms with Crippen molar-refractivity contribution in [1.29, 1.82) is 0 Å². The first-order chi connectivity index (χ1) is 12.9. The van der Waals surface area contributed by atoms with Crippen LogP contribution in [-0.4, -0.2) is 12.4 Å². The van der Waals surface area contributed by atoms with E-state index in [2.05, 4.69) is 0 Å². The molecule has 0 amide bonds. The number of benzene rings is 3. The van der Waals surface area contributed by atoms with Gasteiger partial charge < -0.3 is 0 Å². The minimum Gasteiger partial charge on any atom is -0.233 e. The average Bonchev–Trinajstić information content (AvgIpc) is 2.96. The molecular weight excluding hydrogens is 354 g/mol. The molecule has 0 aliphatic carbocycles. The normalized spacial score (nSPS) is 11.8. The van der Waals surface area contributed by atoms with Crippen molar-refractivity contribution in [1.82, 2.24) is 3.97 Å². The maximum absolute atomic E-state index is 13.6. The number of para-hydroxylation sites is 1. The Morgan fingerprint density at radius 2 is 1.44 bits per heavy atom. The van der Waals surface area contributed by atoms with Crippen LogP contribution in [0.2, 0.25) is 0 Å². The highest BCUT2D eigenvalue weighted by molar-refractivity contribution is 7.90. The molecule has 0 radical (unpaired) electrons. The Labute approximate surface area is 160 Å². The van der Waals surface area contributed by atoms with Crippen molar-refractivity contribution >= 4 is 20.9 Å². The Bertz CT molecular complexity index is 1250. The van der Waals surface area contributed by atoms with Gasteiger partial charge in [-0.25, -0.2) is 12.4 Å². The van der Waals surface area contributed by atoms with Gasteiger partial charge >= 0.3 is 0 Å². The van der Waals surface area contributed by atoms with Gasteiger partial charge in [0, 0.05) is 5.39 Å². The molecule has 136 valence electrons. The van der Waals surface area contributed by atoms with E-state index < -0.39 is 10.0 Å². The van der Waals surface area contributed by atoms with E-state index in [1.54, 1.807) is 12.1 Å². The fourth-order valence-corrected chi connectivity index (χ4v) is 5.15. The van der Waals surface area contributed by atoms with Gasteiger partial charge in [-0.05, 0) is 56.2 Å². The number of rotatable bonds is 3. The first-order valence-electron chi connectivity index (χ1n) is 8.89. The smallest absolute Gasteiger partial charge is 0.233 e. The highest BCUT2D eigenvalue weighted by Crippen LogP contribution is 2.36. The molecule has 0 atom stereocenters. The van der Waals surface area contributed by atoms with Crippen molar-refractivity contribution in [2.75, 3.05) is 0 Å². The maximum Gasteiger partial charge on any atom is 0.268 e. The summed E-state index contributed by atoms with van der Waals surface area (Å²) < 4.78 is 28.7. The molecule has 3 aromatic carbocycles. The summed E-state index contributed by atoms with van der Waals surface area (Å²) in [7, 11) is -3.74. The van der Waals surface area contributed by atoms with E-state index in [0.717, 1.165) is 33.3 Å². The van der Waals surface area contributed by atoms with Gasteiger partial charge in [0.05, 0.1) is 16.1 Å². The summed E-state index contributed by atoms with van der Waals surface area (Å²) in [5.74, 6) is 0. The lowest BCUT2D eigenvalue weighted by Gasteiger charge is -2.13. The Hall–Kier alpha value is -2.85. The fourth-order valence-electron chi connectivity index (χ4n) is 3.56. The van der Waals surface area contributed by atoms with E-state index in [1.807, 2.05) is 81.4 Å². The van der Waals surface area contributed by atoms with Crippen LogP contribution >= 0.6 is 0 Å². The van der Waals surface area contributed by atoms with Gasteiger partial charge in [-0.3, -0.25) is 0 Å². The van der Waals surface area contributed by atoms with Crippen LogP contribution < -0.4 is 0 Å². The first-order valence-corrected chi connectivity index (χ1v) is 10.3. The van der Waals surface area contributed by atoms with E-state index in [9.17, 15) is 8.42 Å². The second kappa shape index (κ2) is 6.39. The second-order valence-corrected chi connectivity index (χ2v) is 8.73. The molecule has 0 N–H and O–H groups in total. The zero-order chi connectivity index (χ0) is 19.2. The van der Waals surface area contributed by atoms with Crippen LogP contribution in [0.5, 0.6) is 0 Å². The molecule has 4 heteroatoms. The van der Waals surface area contributed by atoms with E-state index in [-0.39, 0.29) is 0 Å². The van der Waals surface area contributed by atoms with Crippen LogP contribution in [0.3, 0.4) is 0 Å². The largest absolute Gasteiger partial charge is 0.268 e. The maximum atomic E-state index is 13.6. The molecule has 0 bridgehead atoms. The summed E-state index contributed by atoms with van der Waals surface area (Å²) in [4.78, 5) is 0.294. The van der Waals surface area contributed by atoms with Crippen LogP contribution in [0.1, 0.15) is 16.7 Å². The number of hydrogen-bond donors (Lipinski definition) is 0. The fraction of sp³-hybridized carbons (Fsp3) is 0.130. The molecule has 0 saturated carbocycles. The van der Waals surface area contributed by atoms with Crippen molar-refractivity contribution < 1.29 is 8.42 Å². The predicted octanol–water partition coefficient (Wildman–Crippen LogP) is 5.47. The average molecular weight is 375 g/mol. The van der Waals surface area contributed by atoms with Gasteiger partial charge in [0.2, 0.25) is 0 Å². The molecule has 1 aromatic heterocycles. The molecule has 0 aliphatic rings. The van der Waals surface area contributed by atoms with Gasteiger partial charge in [0.15, 0.2) is 0 Å². The van der Waals surface area contributed by atoms with Crippen molar-refractivity contribution in [3.63, 3.8) is 0 Å². The van der Waals surface area contributed by atoms with Gasteiger partial charge in [-0.2, -0.15) is 0 Å². The van der Waals surface area contributed by atoms with Crippen LogP contribution in [-0.2, 0) is 10.0 Å². The molecule has 0 unspecified atom stereocenters. The van der Waals surface area contributed by atoms with E-state index in [0.29, 0.717) is 10.4 Å². The molecule has 0 saturated heterocycles. The third-order valence-electron chi connectivity index (χ3n) is 4.94. The van der Waals surface area contributed by atoms with Crippen LogP contribution in [0.15, 0.2) is 77.7 Å². The highest BCUT2D eigenvalue weighted by Gasteiger charge is 2.26. The number of hydrogen-bond acceptors (Lipinski definition) is 2. The third kappa shape index (κ3) is 2.86. The lowest BCUT2D eigenvalue weighted by Crippen LogP contribution is -2.14. The molecule has 0 aliphatic heterocycles. The van der Waals surface area contributed by atoms with Gasteiger partial charge in [-0.1, -0.05) is 59.7 Å². The van der Waals surface area contributed by atoms with Crippen molar-refractivity contribution in [2.24, 2.45) is 0 Å². The van der Waals surface area contributed by atoms with Gasteiger partial charge in [0.25, 0.3) is 10.0 Å². The zero-order valence-electron chi connectivity index (χ0n) is 15.6. The summed E-state index contributed by atoms with van der Waals surface area (Å²) in [6.07, 6.45) is 0. The highest BCUT2D eigenvalue weighted by atomic mass is 32.2. The van der Waals surface area contributed by atoms with Gasteiger partial charge in [0.1, 0.15) is 0 Å². The molecule has 0 spiro atoms. The summed E-state index contributed by atoms with van der Waals surface area (Å²) in [5.41, 5.74) is 5.41. The molecule has 4 rings (SSSR count). The van der Waals surface area contributed by atoms with Crippen LogP contribution in [0.25, 0.3) is 22.2 Å². The molecule has 27 heavy (non-hydrogen) atoms. The molecule has 0 fully saturated rings. The zero-order valence-corrected chi connectivity index (χ0v) is 16.4. The van der Waals surface area contributed by atoms with E-state index in [1.165, 1.54) is 3.97 Å². The second-order valence-electron chi connectivity index (χ2n) is 6.94. The van der Waals surface area contributed by atoms with Crippen molar-refractivity contribution in [3.05, 3.63) is 89.5 Å². The van der Waals surface area contributed by atoms with Gasteiger partial charge in [-0.15, -0.1) is 0 Å². The SMILES string of the molecule is Cc1ccc(S(=O)(=O)n2c(-c3cccc(C)c3)c(C)c3ccccc32)cc1. The topological polar surface area (TPSA) is 39.1 Å². The van der Waals surface area contributed by atoms with Crippen LogP contribution in [0, 0.1) is 20.8 Å². The van der Waals surface area contributed by atoms with Crippen LogP contribution in [0.4, 0.5) is 0 Å². The Morgan fingerprint density at radius 1 is 0.741 bits per heavy atom. The van der Waals surface area contributed by atoms with Crippen molar-refractivity contribution in [2.45, 2.75) is 25.7 Å². The summed E-state index contributed by atoms with van der Waals surface area (Å²) in [5, 5.41) is 0.949. The Balaban J connectivity index is 2.11. The predicted molar refractivity (Wildman–Crippen MR) is 111 cm³/mol. The minimum absolute atomic E-state index is 0.294. The summed E-state index contributed by atoms with van der Waals surface area (Å²) in [6, 6.07) is 22.7. The number of nitrogens with zero attached hydrogens (tertiary/aromatic N) is 1. The third-order valence-corrected chi connectivity index (χ3v) is 6.66. The monoisotopic (exact) mass is 375 g/mol. The summed E-state index contributed by atoms with van der Waals surface area (Å²) in [6.45, 7) is 5.95. The number of aryl methyl sites for hydroxylation is 3. The number of fused-ring (bicyclic) bond motifs is 1. The minimum atomic E-state index is -3.74. The number of aromatic nitrogens is 1. The Kier molecular flexibility index (Phi) is 4.16. The van der Waals surface area contributed by atoms with E-state index in [4.69, 9.17) is 0 Å².